The first-order valence-corrected chi connectivity index (χ1v) is 6.83. The van der Waals surface area contributed by atoms with Crippen molar-refractivity contribution >= 4 is 0 Å². The Kier molecular flexibility index (Phi) is 2.61. The Balaban J connectivity index is 1.86. The average molecular weight is 242 g/mol. The highest BCUT2D eigenvalue weighted by Gasteiger charge is 2.36. The Labute approximate surface area is 110 Å². The highest BCUT2D eigenvalue weighted by atomic mass is 15.3. The lowest BCUT2D eigenvalue weighted by atomic mass is 9.78. The zero-order valence-corrected chi connectivity index (χ0v) is 11.5. The molecule has 0 saturated carbocycles. The summed E-state index contributed by atoms with van der Waals surface area (Å²) in [5, 5.41) is 3.70. The van der Waals surface area contributed by atoms with Crippen LogP contribution < -0.4 is 5.32 Å². The highest BCUT2D eigenvalue weighted by molar-refractivity contribution is 5.29. The van der Waals surface area contributed by atoms with Crippen molar-refractivity contribution in [3.05, 3.63) is 47.3 Å². The van der Waals surface area contributed by atoms with Crippen LogP contribution in [0.2, 0.25) is 0 Å². The van der Waals surface area contributed by atoms with E-state index in [4.69, 9.17) is 0 Å². The van der Waals surface area contributed by atoms with Gasteiger partial charge in [0.15, 0.2) is 0 Å². The van der Waals surface area contributed by atoms with Crippen molar-refractivity contribution in [2.24, 2.45) is 5.41 Å². The Hall–Kier alpha value is -1.44. The normalized spacial score (nSPS) is 25.9. The Morgan fingerprint density at radius 3 is 2.67 bits per heavy atom. The Bertz CT molecular complexity index is 473. The largest absolute Gasteiger partial charge is 0.363 e. The van der Waals surface area contributed by atoms with Crippen LogP contribution in [0.15, 0.2) is 41.7 Å². The van der Waals surface area contributed by atoms with Crippen molar-refractivity contribution in [1.82, 2.24) is 10.2 Å². The van der Waals surface area contributed by atoms with Crippen molar-refractivity contribution in [2.45, 2.75) is 39.3 Å². The third-order valence-corrected chi connectivity index (χ3v) is 4.29. The van der Waals surface area contributed by atoms with E-state index in [0.29, 0.717) is 11.6 Å². The monoisotopic (exact) mass is 242 g/mol. The van der Waals surface area contributed by atoms with Crippen LogP contribution in [0, 0.1) is 5.41 Å². The predicted octanol–water partition coefficient (Wildman–Crippen LogP) is 3.64. The van der Waals surface area contributed by atoms with Crippen LogP contribution in [0.5, 0.6) is 0 Å². The number of nitrogens with one attached hydrogen (secondary N) is 1. The lowest BCUT2D eigenvalue weighted by molar-refractivity contribution is 0.257. The quantitative estimate of drug-likeness (QED) is 0.808. The molecule has 1 unspecified atom stereocenters. The smallest absolute Gasteiger partial charge is 0.125 e. The van der Waals surface area contributed by atoms with Gasteiger partial charge in [0, 0.05) is 18.4 Å². The topological polar surface area (TPSA) is 15.3 Å². The van der Waals surface area contributed by atoms with Gasteiger partial charge in [-0.05, 0) is 30.2 Å². The van der Waals surface area contributed by atoms with Crippen LogP contribution in [-0.2, 0) is 0 Å². The summed E-state index contributed by atoms with van der Waals surface area (Å²) in [7, 11) is 2.22. The minimum Gasteiger partial charge on any atom is -0.363 e. The van der Waals surface area contributed by atoms with Crippen LogP contribution >= 0.6 is 0 Å². The maximum atomic E-state index is 3.70. The fourth-order valence-electron chi connectivity index (χ4n) is 3.11. The fourth-order valence-corrected chi connectivity index (χ4v) is 3.11. The molecule has 2 heteroatoms. The van der Waals surface area contributed by atoms with Gasteiger partial charge in [-0.1, -0.05) is 44.2 Å². The van der Waals surface area contributed by atoms with Crippen molar-refractivity contribution in [3.63, 3.8) is 0 Å². The van der Waals surface area contributed by atoms with Crippen LogP contribution in [-0.4, -0.2) is 11.9 Å². The maximum Gasteiger partial charge on any atom is 0.125 e. The third kappa shape index (κ3) is 1.90. The van der Waals surface area contributed by atoms with Gasteiger partial charge in [0.1, 0.15) is 6.17 Å². The summed E-state index contributed by atoms with van der Waals surface area (Å²) in [5.74, 6) is 0. The van der Waals surface area contributed by atoms with Crippen LogP contribution in [0.4, 0.5) is 0 Å². The van der Waals surface area contributed by atoms with Gasteiger partial charge in [0.2, 0.25) is 0 Å². The van der Waals surface area contributed by atoms with Crippen LogP contribution in [0.3, 0.4) is 0 Å². The number of hydrogen-bond donors (Lipinski definition) is 1. The first kappa shape index (κ1) is 11.6. The lowest BCUT2D eigenvalue weighted by Crippen LogP contribution is -2.26. The molecule has 2 aliphatic rings. The lowest BCUT2D eigenvalue weighted by Gasteiger charge is -2.33. The molecule has 0 saturated heterocycles. The molecule has 0 fully saturated rings. The van der Waals surface area contributed by atoms with Gasteiger partial charge in [-0.2, -0.15) is 0 Å². The van der Waals surface area contributed by atoms with Gasteiger partial charge in [-0.25, -0.2) is 0 Å². The third-order valence-electron chi connectivity index (χ3n) is 4.29. The Morgan fingerprint density at radius 2 is 1.94 bits per heavy atom. The molecule has 1 heterocycles. The molecule has 1 atom stereocenters. The van der Waals surface area contributed by atoms with E-state index in [1.54, 1.807) is 0 Å². The SMILES string of the molecule is CN1C2=C(CCC(C)(C)C2)NC1c1ccccc1. The van der Waals surface area contributed by atoms with E-state index < -0.39 is 0 Å². The zero-order chi connectivity index (χ0) is 12.8. The number of allylic oxidation sites excluding steroid dienone is 2. The summed E-state index contributed by atoms with van der Waals surface area (Å²) < 4.78 is 0. The molecule has 3 rings (SSSR count). The molecule has 1 aliphatic carbocycles. The average Bonchev–Trinajstić information content (AvgIpc) is 2.67. The molecule has 1 aromatic carbocycles. The van der Waals surface area contributed by atoms with E-state index >= 15 is 0 Å². The summed E-state index contributed by atoms with van der Waals surface area (Å²) in [6.45, 7) is 4.75. The summed E-state index contributed by atoms with van der Waals surface area (Å²) in [6, 6.07) is 10.7. The van der Waals surface area contributed by atoms with E-state index in [1.807, 2.05) is 0 Å². The second-order valence-corrected chi connectivity index (χ2v) is 6.33. The number of rotatable bonds is 1. The van der Waals surface area contributed by atoms with Crippen LogP contribution in [0.25, 0.3) is 0 Å². The van der Waals surface area contributed by atoms with Gasteiger partial charge in [-0.3, -0.25) is 0 Å². The van der Waals surface area contributed by atoms with Crippen molar-refractivity contribution in [1.29, 1.82) is 0 Å². The first-order chi connectivity index (χ1) is 8.57. The van der Waals surface area contributed by atoms with Gasteiger partial charge in [0.25, 0.3) is 0 Å². The molecule has 96 valence electrons. The van der Waals surface area contributed by atoms with E-state index in [-0.39, 0.29) is 0 Å². The molecular formula is C16H22N2. The molecule has 0 bridgehead atoms. The standard InChI is InChI=1S/C16H22N2/c1-16(2)10-9-13-14(11-16)18(3)15(17-13)12-7-5-4-6-8-12/h4-8,15,17H,9-11H2,1-3H3. The van der Waals surface area contributed by atoms with Crippen molar-refractivity contribution < 1.29 is 0 Å². The van der Waals surface area contributed by atoms with E-state index in [2.05, 4.69) is 61.4 Å². The van der Waals surface area contributed by atoms with Crippen molar-refractivity contribution in [3.8, 4) is 0 Å². The van der Waals surface area contributed by atoms with Gasteiger partial charge < -0.3 is 10.2 Å². The Morgan fingerprint density at radius 1 is 1.22 bits per heavy atom. The van der Waals surface area contributed by atoms with Gasteiger partial charge >= 0.3 is 0 Å². The summed E-state index contributed by atoms with van der Waals surface area (Å²) in [4.78, 5) is 2.42. The van der Waals surface area contributed by atoms with Crippen LogP contribution in [0.1, 0.15) is 44.8 Å². The number of nitrogens with zero attached hydrogens (tertiary/aromatic N) is 1. The molecule has 0 radical (unpaired) electrons. The first-order valence-electron chi connectivity index (χ1n) is 6.83. The minimum absolute atomic E-state index is 0.324. The fraction of sp³-hybridized carbons (Fsp3) is 0.500. The zero-order valence-electron chi connectivity index (χ0n) is 11.5. The molecule has 0 aromatic heterocycles. The maximum absolute atomic E-state index is 3.70. The van der Waals surface area contributed by atoms with E-state index in [0.717, 1.165) is 0 Å². The number of benzene rings is 1. The molecule has 18 heavy (non-hydrogen) atoms. The number of hydrogen-bond acceptors (Lipinski definition) is 2. The molecular weight excluding hydrogens is 220 g/mol. The summed E-state index contributed by atoms with van der Waals surface area (Å²) in [5.41, 5.74) is 4.78. The van der Waals surface area contributed by atoms with E-state index in [9.17, 15) is 0 Å². The molecule has 2 nitrogen and oxygen atoms in total. The molecule has 1 N–H and O–H groups in total. The summed E-state index contributed by atoms with van der Waals surface area (Å²) >= 11 is 0. The second kappa shape index (κ2) is 4.04. The molecule has 1 aliphatic heterocycles. The van der Waals surface area contributed by atoms with Gasteiger partial charge in [0.05, 0.1) is 0 Å². The summed E-state index contributed by atoms with van der Waals surface area (Å²) in [6.07, 6.45) is 3.99. The van der Waals surface area contributed by atoms with E-state index in [1.165, 1.54) is 36.2 Å². The molecule has 0 amide bonds. The molecule has 1 aromatic rings. The minimum atomic E-state index is 0.324. The highest BCUT2D eigenvalue weighted by Crippen LogP contribution is 2.44. The molecule has 0 spiro atoms. The predicted molar refractivity (Wildman–Crippen MR) is 74.7 cm³/mol. The van der Waals surface area contributed by atoms with Gasteiger partial charge in [-0.15, -0.1) is 0 Å². The van der Waals surface area contributed by atoms with Crippen molar-refractivity contribution in [2.75, 3.05) is 7.05 Å². The second-order valence-electron chi connectivity index (χ2n) is 6.33.